The zero-order valence-corrected chi connectivity index (χ0v) is 7.94. The highest BCUT2D eigenvalue weighted by molar-refractivity contribution is 5.78. The predicted octanol–water partition coefficient (Wildman–Crippen LogP) is 1.95. The number of halogens is 2. The fraction of sp³-hybridized carbons (Fsp3) is 0.889. The summed E-state index contributed by atoms with van der Waals surface area (Å²) in [5.74, 6) is -2.73. The van der Waals surface area contributed by atoms with Crippen LogP contribution in [0, 0.1) is 5.92 Å². The van der Waals surface area contributed by atoms with Crippen molar-refractivity contribution in [3.63, 3.8) is 0 Å². The molecule has 13 heavy (non-hydrogen) atoms. The van der Waals surface area contributed by atoms with Gasteiger partial charge in [-0.1, -0.05) is 13.8 Å². The Morgan fingerprint density at radius 2 is 2.15 bits per heavy atom. The van der Waals surface area contributed by atoms with Crippen molar-refractivity contribution in [1.29, 1.82) is 0 Å². The Balaban J connectivity index is 2.24. The molecule has 2 nitrogen and oxygen atoms in total. The van der Waals surface area contributed by atoms with E-state index in [1.807, 2.05) is 6.92 Å². The molecule has 1 N–H and O–H groups in total. The van der Waals surface area contributed by atoms with Gasteiger partial charge in [0, 0.05) is 24.8 Å². The number of carbonyl (C=O) groups is 1. The van der Waals surface area contributed by atoms with Crippen LogP contribution in [0.25, 0.3) is 0 Å². The Labute approximate surface area is 76.7 Å². The molecule has 1 saturated carbocycles. The molecule has 0 saturated heterocycles. The average molecular weight is 191 g/mol. The summed E-state index contributed by atoms with van der Waals surface area (Å²) in [5, 5.41) is 2.60. The molecule has 0 aromatic carbocycles. The van der Waals surface area contributed by atoms with Crippen molar-refractivity contribution in [1.82, 2.24) is 5.32 Å². The molecule has 0 radical (unpaired) electrons. The van der Waals surface area contributed by atoms with E-state index in [9.17, 15) is 13.6 Å². The lowest BCUT2D eigenvalue weighted by Crippen LogP contribution is -2.51. The van der Waals surface area contributed by atoms with E-state index in [1.165, 1.54) is 0 Å². The van der Waals surface area contributed by atoms with E-state index < -0.39 is 5.92 Å². The second-order valence-electron chi connectivity index (χ2n) is 3.78. The third-order valence-electron chi connectivity index (χ3n) is 2.50. The maximum Gasteiger partial charge on any atom is 0.252 e. The summed E-state index contributed by atoms with van der Waals surface area (Å²) in [5.41, 5.74) is 0. The lowest BCUT2D eigenvalue weighted by molar-refractivity contribution is -0.132. The van der Waals surface area contributed by atoms with Crippen molar-refractivity contribution < 1.29 is 13.6 Å². The third-order valence-corrected chi connectivity index (χ3v) is 2.50. The summed E-state index contributed by atoms with van der Waals surface area (Å²) in [6.45, 7) is 3.70. The van der Waals surface area contributed by atoms with Crippen LogP contribution in [0.4, 0.5) is 8.78 Å². The Kier molecular flexibility index (Phi) is 2.88. The zero-order chi connectivity index (χ0) is 10.1. The Morgan fingerprint density at radius 1 is 1.62 bits per heavy atom. The normalized spacial score (nSPS) is 23.4. The van der Waals surface area contributed by atoms with Gasteiger partial charge in [-0.2, -0.15) is 0 Å². The Hall–Kier alpha value is -0.670. The van der Waals surface area contributed by atoms with E-state index in [1.54, 1.807) is 6.92 Å². The highest BCUT2D eigenvalue weighted by atomic mass is 19.3. The third kappa shape index (κ3) is 2.64. The molecule has 1 fully saturated rings. The van der Waals surface area contributed by atoms with Gasteiger partial charge < -0.3 is 5.32 Å². The van der Waals surface area contributed by atoms with Crippen LogP contribution in [0.2, 0.25) is 0 Å². The van der Waals surface area contributed by atoms with Crippen LogP contribution in [-0.4, -0.2) is 17.9 Å². The monoisotopic (exact) mass is 191 g/mol. The first-order valence-electron chi connectivity index (χ1n) is 4.63. The maximum absolute atomic E-state index is 12.4. The predicted molar refractivity (Wildman–Crippen MR) is 45.6 cm³/mol. The lowest BCUT2D eigenvalue weighted by atomic mass is 9.88. The van der Waals surface area contributed by atoms with Gasteiger partial charge in [-0.25, -0.2) is 8.78 Å². The largest absolute Gasteiger partial charge is 0.353 e. The maximum atomic E-state index is 12.4. The molecule has 1 atom stereocenters. The van der Waals surface area contributed by atoms with E-state index in [0.29, 0.717) is 0 Å². The molecule has 0 spiro atoms. The van der Waals surface area contributed by atoms with Crippen LogP contribution in [0.3, 0.4) is 0 Å². The Bertz CT molecular complexity index is 198. The minimum Gasteiger partial charge on any atom is -0.353 e. The van der Waals surface area contributed by atoms with Crippen LogP contribution in [0.5, 0.6) is 0 Å². The summed E-state index contributed by atoms with van der Waals surface area (Å²) in [4.78, 5) is 11.2. The van der Waals surface area contributed by atoms with Crippen LogP contribution in [0.1, 0.15) is 33.1 Å². The van der Waals surface area contributed by atoms with Crippen molar-refractivity contribution in [2.45, 2.75) is 45.1 Å². The average Bonchev–Trinajstić information content (AvgIpc) is 1.99. The van der Waals surface area contributed by atoms with Crippen molar-refractivity contribution in [2.75, 3.05) is 0 Å². The molecule has 1 aliphatic carbocycles. The summed E-state index contributed by atoms with van der Waals surface area (Å²) >= 11 is 0. The van der Waals surface area contributed by atoms with Crippen molar-refractivity contribution >= 4 is 5.91 Å². The smallest absolute Gasteiger partial charge is 0.252 e. The summed E-state index contributed by atoms with van der Waals surface area (Å²) in [6.07, 6.45) is 0.347. The number of nitrogens with one attached hydrogen (secondary N) is 1. The van der Waals surface area contributed by atoms with Gasteiger partial charge in [0.15, 0.2) is 0 Å². The second-order valence-corrected chi connectivity index (χ2v) is 3.78. The molecular weight excluding hydrogens is 176 g/mol. The highest BCUT2D eigenvalue weighted by Gasteiger charge is 2.46. The summed E-state index contributed by atoms with van der Waals surface area (Å²) < 4.78 is 24.7. The molecule has 0 aromatic heterocycles. The fourth-order valence-corrected chi connectivity index (χ4v) is 1.29. The number of amides is 1. The summed E-state index contributed by atoms with van der Waals surface area (Å²) in [7, 11) is 0. The quantitative estimate of drug-likeness (QED) is 0.725. The SMILES string of the molecule is CCC(C)C(=O)NC1CC(F)(F)C1. The van der Waals surface area contributed by atoms with Gasteiger partial charge in [-0.3, -0.25) is 4.79 Å². The number of alkyl halides is 2. The van der Waals surface area contributed by atoms with E-state index in [0.717, 1.165) is 6.42 Å². The topological polar surface area (TPSA) is 29.1 Å². The minimum atomic E-state index is -2.55. The summed E-state index contributed by atoms with van der Waals surface area (Å²) in [6, 6.07) is -0.309. The van der Waals surface area contributed by atoms with Gasteiger partial charge in [-0.15, -0.1) is 0 Å². The molecule has 0 heterocycles. The molecule has 0 aliphatic heterocycles. The van der Waals surface area contributed by atoms with Gasteiger partial charge in [0.2, 0.25) is 5.91 Å². The molecule has 1 unspecified atom stereocenters. The molecule has 0 aromatic rings. The highest BCUT2D eigenvalue weighted by Crippen LogP contribution is 2.37. The second kappa shape index (κ2) is 3.60. The number of carbonyl (C=O) groups excluding carboxylic acids is 1. The van der Waals surface area contributed by atoms with Crippen LogP contribution in [0.15, 0.2) is 0 Å². The van der Waals surface area contributed by atoms with E-state index >= 15 is 0 Å². The van der Waals surface area contributed by atoms with Gasteiger partial charge >= 0.3 is 0 Å². The zero-order valence-electron chi connectivity index (χ0n) is 7.94. The molecule has 1 rings (SSSR count). The Morgan fingerprint density at radius 3 is 2.54 bits per heavy atom. The first-order chi connectivity index (χ1) is 5.94. The van der Waals surface area contributed by atoms with Crippen LogP contribution < -0.4 is 5.32 Å². The number of hydrogen-bond acceptors (Lipinski definition) is 1. The molecular formula is C9H15F2NO. The lowest BCUT2D eigenvalue weighted by Gasteiger charge is -2.35. The van der Waals surface area contributed by atoms with Crippen molar-refractivity contribution in [3.05, 3.63) is 0 Å². The van der Waals surface area contributed by atoms with Crippen LogP contribution >= 0.6 is 0 Å². The molecule has 4 heteroatoms. The van der Waals surface area contributed by atoms with Crippen molar-refractivity contribution in [2.24, 2.45) is 5.92 Å². The number of rotatable bonds is 3. The molecule has 1 aliphatic rings. The minimum absolute atomic E-state index is 0.0748. The van der Waals surface area contributed by atoms with Gasteiger partial charge in [0.05, 0.1) is 0 Å². The standard InChI is InChI=1S/C9H15F2NO/c1-3-6(2)8(13)12-7-4-9(10,11)5-7/h6-7H,3-5H2,1-2H3,(H,12,13). The van der Waals surface area contributed by atoms with E-state index in [-0.39, 0.29) is 30.7 Å². The fourth-order valence-electron chi connectivity index (χ4n) is 1.29. The molecule has 0 bridgehead atoms. The molecule has 76 valence electrons. The van der Waals surface area contributed by atoms with E-state index in [4.69, 9.17) is 0 Å². The van der Waals surface area contributed by atoms with Gasteiger partial charge in [0.1, 0.15) is 0 Å². The first kappa shape index (κ1) is 10.4. The van der Waals surface area contributed by atoms with E-state index in [2.05, 4.69) is 5.32 Å². The van der Waals surface area contributed by atoms with Crippen LogP contribution in [-0.2, 0) is 4.79 Å². The number of hydrogen-bond donors (Lipinski definition) is 1. The first-order valence-corrected chi connectivity index (χ1v) is 4.63. The van der Waals surface area contributed by atoms with Gasteiger partial charge in [-0.05, 0) is 6.42 Å². The van der Waals surface area contributed by atoms with Crippen molar-refractivity contribution in [3.8, 4) is 0 Å². The van der Waals surface area contributed by atoms with Gasteiger partial charge in [0.25, 0.3) is 5.92 Å². The molecule has 1 amide bonds.